The summed E-state index contributed by atoms with van der Waals surface area (Å²) in [6.45, 7) is 3.40. The zero-order valence-corrected chi connectivity index (χ0v) is 15.0. The van der Waals surface area contributed by atoms with Crippen LogP contribution in [0.1, 0.15) is 36.7 Å². The van der Waals surface area contributed by atoms with Crippen LogP contribution in [0.3, 0.4) is 0 Å². The van der Waals surface area contributed by atoms with E-state index >= 15 is 0 Å². The largest absolute Gasteiger partial charge is 0.480 e. The first-order valence-electron chi connectivity index (χ1n) is 8.57. The number of aliphatic hydroxyl groups is 1. The van der Waals surface area contributed by atoms with Crippen LogP contribution in [0.5, 0.6) is 0 Å². The summed E-state index contributed by atoms with van der Waals surface area (Å²) >= 11 is 0. The first-order valence-corrected chi connectivity index (χ1v) is 8.57. The third-order valence-corrected chi connectivity index (χ3v) is 4.57. The van der Waals surface area contributed by atoms with Gasteiger partial charge in [-0.2, -0.15) is 0 Å². The number of carbonyl (C=O) groups is 1. The molecule has 2 N–H and O–H groups in total. The second-order valence-electron chi connectivity index (χ2n) is 6.90. The third-order valence-electron chi connectivity index (χ3n) is 4.57. The van der Waals surface area contributed by atoms with Gasteiger partial charge in [0, 0.05) is 25.6 Å². The summed E-state index contributed by atoms with van der Waals surface area (Å²) in [5.74, 6) is -2.14. The number of cyclic esters (lactones) is 1. The van der Waals surface area contributed by atoms with Crippen molar-refractivity contribution in [2.45, 2.75) is 32.2 Å². The summed E-state index contributed by atoms with van der Waals surface area (Å²) in [5.41, 5.74) is 2.15. The van der Waals surface area contributed by atoms with E-state index in [4.69, 9.17) is 14.9 Å². The van der Waals surface area contributed by atoms with Gasteiger partial charge in [0.05, 0.1) is 18.3 Å². The van der Waals surface area contributed by atoms with Gasteiger partial charge in [-0.1, -0.05) is 30.3 Å². The highest BCUT2D eigenvalue weighted by molar-refractivity contribution is 6.04. The molecule has 7 nitrogen and oxygen atoms in total. The Bertz CT molecular complexity index is 953. The molecule has 0 amide bonds. The van der Waals surface area contributed by atoms with E-state index in [0.717, 1.165) is 11.3 Å². The van der Waals surface area contributed by atoms with Crippen molar-refractivity contribution < 1.29 is 19.4 Å². The van der Waals surface area contributed by atoms with Crippen molar-refractivity contribution in [2.24, 2.45) is 0 Å². The second kappa shape index (κ2) is 6.12. The van der Waals surface area contributed by atoms with E-state index < -0.39 is 23.7 Å². The predicted molar refractivity (Wildman–Crippen MR) is 96.7 cm³/mol. The number of hydrogen-bond acceptors (Lipinski definition) is 6. The summed E-state index contributed by atoms with van der Waals surface area (Å²) in [6, 6.07) is 12.1. The highest BCUT2D eigenvalue weighted by Crippen LogP contribution is 2.43. The monoisotopic (exact) mass is 365 g/mol. The Balaban J connectivity index is 1.82. The van der Waals surface area contributed by atoms with E-state index in [1.54, 1.807) is 24.9 Å². The number of amidine groups is 1. The molecule has 3 heterocycles. The molecule has 1 unspecified atom stereocenters. The van der Waals surface area contributed by atoms with Crippen LogP contribution >= 0.6 is 0 Å². The number of fused-ring (bicyclic) bond motifs is 1. The van der Waals surface area contributed by atoms with E-state index in [-0.39, 0.29) is 11.4 Å². The van der Waals surface area contributed by atoms with Crippen LogP contribution in [0.25, 0.3) is 0 Å². The normalized spacial score (nSPS) is 21.0. The van der Waals surface area contributed by atoms with Crippen LogP contribution in [0.15, 0.2) is 60.2 Å². The fourth-order valence-corrected chi connectivity index (χ4v) is 3.45. The average Bonchev–Trinajstić information content (AvgIpc) is 2.88. The van der Waals surface area contributed by atoms with Gasteiger partial charge in [-0.3, -0.25) is 10.4 Å². The molecule has 1 atom stereocenters. The molecule has 7 heteroatoms. The Labute approximate surface area is 156 Å². The van der Waals surface area contributed by atoms with Crippen molar-refractivity contribution in [3.63, 3.8) is 0 Å². The Kier molecular flexibility index (Phi) is 3.87. The molecule has 0 bridgehead atoms. The van der Waals surface area contributed by atoms with Gasteiger partial charge >= 0.3 is 5.97 Å². The third kappa shape index (κ3) is 2.91. The fraction of sp³-hybridized carbons (Fsp3) is 0.250. The Morgan fingerprint density at radius 1 is 1.19 bits per heavy atom. The molecule has 0 radical (unpaired) electrons. The smallest absolute Gasteiger partial charge is 0.347 e. The standard InChI is InChI=1S/C20H19N3O4/c1-20(2)26-18(24)15(19(25)27-20)16-13-8-3-4-9-14(13)17(21)23(16)11-12-7-5-6-10-22-12/h3-10,16,21,24H,11H2,1-2H3. The molecule has 4 rings (SSSR count). The van der Waals surface area contributed by atoms with E-state index in [2.05, 4.69) is 4.98 Å². The van der Waals surface area contributed by atoms with Crippen LogP contribution in [-0.2, 0) is 20.8 Å². The number of aromatic nitrogens is 1. The number of carbonyl (C=O) groups excluding carboxylic acids is 1. The Morgan fingerprint density at radius 2 is 1.93 bits per heavy atom. The maximum Gasteiger partial charge on any atom is 0.347 e. The number of rotatable bonds is 3. The number of ether oxygens (including phenoxy) is 2. The minimum Gasteiger partial charge on any atom is -0.480 e. The lowest BCUT2D eigenvalue weighted by atomic mass is 9.97. The van der Waals surface area contributed by atoms with Crippen LogP contribution in [0, 0.1) is 5.41 Å². The van der Waals surface area contributed by atoms with Gasteiger partial charge in [0.1, 0.15) is 11.4 Å². The molecule has 0 spiro atoms. The zero-order valence-electron chi connectivity index (χ0n) is 15.0. The van der Waals surface area contributed by atoms with Crippen molar-refractivity contribution in [2.75, 3.05) is 0 Å². The minimum absolute atomic E-state index is 0.0139. The molecule has 0 saturated carbocycles. The van der Waals surface area contributed by atoms with E-state index in [1.165, 1.54) is 0 Å². The summed E-state index contributed by atoms with van der Waals surface area (Å²) in [4.78, 5) is 18.7. The topological polar surface area (TPSA) is 95.7 Å². The van der Waals surface area contributed by atoms with Crippen LogP contribution in [0.2, 0.25) is 0 Å². The lowest BCUT2D eigenvalue weighted by Gasteiger charge is -2.35. The maximum absolute atomic E-state index is 12.7. The highest BCUT2D eigenvalue weighted by atomic mass is 16.8. The number of nitrogens with zero attached hydrogens (tertiary/aromatic N) is 2. The quantitative estimate of drug-likeness (QED) is 0.812. The van der Waals surface area contributed by atoms with Gasteiger partial charge in [-0.15, -0.1) is 0 Å². The molecular formula is C20H19N3O4. The van der Waals surface area contributed by atoms with Crippen LogP contribution in [-0.4, -0.2) is 32.6 Å². The van der Waals surface area contributed by atoms with Gasteiger partial charge in [0.15, 0.2) is 0 Å². The molecule has 2 aliphatic heterocycles. The van der Waals surface area contributed by atoms with Crippen molar-refractivity contribution in [3.8, 4) is 0 Å². The summed E-state index contributed by atoms with van der Waals surface area (Å²) in [6.07, 6.45) is 1.68. The number of hydrogen-bond donors (Lipinski definition) is 2. The lowest BCUT2D eigenvalue weighted by Crippen LogP contribution is -2.41. The average molecular weight is 365 g/mol. The van der Waals surface area contributed by atoms with E-state index in [9.17, 15) is 9.90 Å². The van der Waals surface area contributed by atoms with Gasteiger partial charge in [0.25, 0.3) is 11.7 Å². The number of nitrogens with one attached hydrogen (secondary N) is 1. The Hall–Kier alpha value is -3.35. The highest BCUT2D eigenvalue weighted by Gasteiger charge is 2.46. The van der Waals surface area contributed by atoms with Crippen molar-refractivity contribution in [3.05, 3.63) is 77.0 Å². The van der Waals surface area contributed by atoms with Gasteiger partial charge in [0.2, 0.25) is 0 Å². The van der Waals surface area contributed by atoms with Crippen molar-refractivity contribution in [1.82, 2.24) is 9.88 Å². The van der Waals surface area contributed by atoms with E-state index in [1.807, 2.05) is 42.5 Å². The summed E-state index contributed by atoms with van der Waals surface area (Å²) < 4.78 is 10.7. The molecule has 0 aliphatic carbocycles. The summed E-state index contributed by atoms with van der Waals surface area (Å²) in [7, 11) is 0. The van der Waals surface area contributed by atoms with Crippen molar-refractivity contribution >= 4 is 11.8 Å². The van der Waals surface area contributed by atoms with Gasteiger partial charge in [-0.25, -0.2) is 4.79 Å². The van der Waals surface area contributed by atoms with Crippen LogP contribution < -0.4 is 0 Å². The van der Waals surface area contributed by atoms with Crippen LogP contribution in [0.4, 0.5) is 0 Å². The minimum atomic E-state index is -1.25. The molecule has 138 valence electrons. The molecule has 1 aromatic carbocycles. The molecule has 2 aliphatic rings. The molecule has 2 aromatic rings. The second-order valence-corrected chi connectivity index (χ2v) is 6.90. The number of esters is 1. The summed E-state index contributed by atoms with van der Waals surface area (Å²) in [5, 5.41) is 19.1. The first-order chi connectivity index (χ1) is 12.9. The molecule has 0 fully saturated rings. The van der Waals surface area contributed by atoms with Gasteiger partial charge in [-0.05, 0) is 17.7 Å². The SMILES string of the molecule is CC1(C)OC(=O)C(C2c3ccccc3C(=N)N2Cc2ccccn2)=C(O)O1. The number of pyridine rings is 1. The van der Waals surface area contributed by atoms with Gasteiger partial charge < -0.3 is 19.5 Å². The molecule has 0 saturated heterocycles. The fourth-order valence-electron chi connectivity index (χ4n) is 3.45. The predicted octanol–water partition coefficient (Wildman–Crippen LogP) is 3.04. The number of aliphatic hydroxyl groups excluding tert-OH is 1. The zero-order chi connectivity index (χ0) is 19.2. The lowest BCUT2D eigenvalue weighted by molar-refractivity contribution is -0.223. The molecule has 1 aromatic heterocycles. The number of benzene rings is 1. The van der Waals surface area contributed by atoms with Crippen molar-refractivity contribution in [1.29, 1.82) is 5.41 Å². The molecular weight excluding hydrogens is 346 g/mol. The van der Waals surface area contributed by atoms with E-state index in [0.29, 0.717) is 12.1 Å². The maximum atomic E-state index is 12.7. The first kappa shape index (κ1) is 17.1. The Morgan fingerprint density at radius 3 is 2.63 bits per heavy atom. The molecule has 27 heavy (non-hydrogen) atoms.